The average molecular weight is 217 g/mol. The first-order valence-electron chi connectivity index (χ1n) is 6.36. The molecule has 0 aliphatic rings. The second-order valence-corrected chi connectivity index (χ2v) is 5.71. The van der Waals surface area contributed by atoms with Gasteiger partial charge < -0.3 is 0 Å². The Hall–Kier alpha value is -0.780. The monoisotopic (exact) mass is 217 g/mol. The predicted molar refractivity (Wildman–Crippen MR) is 72.4 cm³/mol. The van der Waals surface area contributed by atoms with Gasteiger partial charge in [-0.3, -0.25) is 0 Å². The van der Waals surface area contributed by atoms with Gasteiger partial charge in [0.15, 0.2) is 0 Å². The van der Waals surface area contributed by atoms with Gasteiger partial charge in [-0.1, -0.05) is 58.4 Å². The second-order valence-electron chi connectivity index (χ2n) is 5.71. The number of rotatable bonds is 5. The lowest BCUT2D eigenvalue weighted by atomic mass is 9.77. The fourth-order valence-electron chi connectivity index (χ4n) is 2.27. The van der Waals surface area contributed by atoms with E-state index in [9.17, 15) is 0 Å². The highest BCUT2D eigenvalue weighted by molar-refractivity contribution is 5.33. The van der Waals surface area contributed by atoms with Gasteiger partial charge in [-0.2, -0.15) is 0 Å². The Kier molecular flexibility index (Phi) is 4.58. The molecule has 0 aliphatic carbocycles. The van der Waals surface area contributed by atoms with Crippen LogP contribution in [0.1, 0.15) is 51.7 Å². The molecule has 0 nitrogen and oxygen atoms in total. The molecule has 0 spiro atoms. The third kappa shape index (κ3) is 4.00. The zero-order valence-electron chi connectivity index (χ0n) is 11.4. The zero-order chi connectivity index (χ0) is 12.2. The van der Waals surface area contributed by atoms with E-state index >= 15 is 0 Å². The highest BCUT2D eigenvalue weighted by atomic mass is 14.3. The highest BCUT2D eigenvalue weighted by Crippen LogP contribution is 2.33. The molecule has 1 atom stereocenters. The van der Waals surface area contributed by atoms with Gasteiger partial charge in [0, 0.05) is 0 Å². The van der Waals surface area contributed by atoms with Crippen molar-refractivity contribution in [3.05, 3.63) is 41.8 Å². The summed E-state index contributed by atoms with van der Waals surface area (Å²) in [6, 6.07) is 8.63. The fraction of sp³-hybridized carbons (Fsp3) is 0.562. The molecule has 89 valence electrons. The van der Waals surface area contributed by atoms with E-state index in [0.717, 1.165) is 5.92 Å². The Morgan fingerprint density at radius 1 is 1.25 bits per heavy atom. The smallest absolute Gasteiger partial charge is 0.00338 e. The molecule has 1 unspecified atom stereocenters. The first-order chi connectivity index (χ1) is 7.44. The molecule has 0 heteroatoms. The highest BCUT2D eigenvalue weighted by Gasteiger charge is 2.21. The van der Waals surface area contributed by atoms with E-state index in [1.165, 1.54) is 24.0 Å². The maximum atomic E-state index is 2.43. The van der Waals surface area contributed by atoms with Crippen LogP contribution in [0.4, 0.5) is 0 Å². The molecule has 0 saturated carbocycles. The molecule has 0 saturated heterocycles. The van der Waals surface area contributed by atoms with E-state index < -0.39 is 0 Å². The van der Waals surface area contributed by atoms with Crippen LogP contribution in [0.25, 0.3) is 0 Å². The van der Waals surface area contributed by atoms with Gasteiger partial charge in [0.2, 0.25) is 0 Å². The predicted octanol–water partition coefficient (Wildman–Crippen LogP) is 5.01. The van der Waals surface area contributed by atoms with Gasteiger partial charge in [0.05, 0.1) is 0 Å². The van der Waals surface area contributed by atoms with Crippen LogP contribution >= 0.6 is 0 Å². The Bertz CT molecular complexity index is 323. The van der Waals surface area contributed by atoms with E-state index in [2.05, 4.69) is 65.3 Å². The van der Waals surface area contributed by atoms with Crippen LogP contribution in [-0.2, 0) is 0 Å². The van der Waals surface area contributed by atoms with Gasteiger partial charge in [-0.25, -0.2) is 0 Å². The zero-order valence-corrected chi connectivity index (χ0v) is 11.4. The molecular weight excluding hydrogens is 192 g/mol. The van der Waals surface area contributed by atoms with Crippen molar-refractivity contribution in [2.24, 2.45) is 11.3 Å². The molecule has 1 aromatic carbocycles. The Labute approximate surface area is 101 Å². The summed E-state index contributed by atoms with van der Waals surface area (Å²) in [6.45, 7) is 11.5. The Morgan fingerprint density at radius 3 is 2.44 bits per heavy atom. The first kappa shape index (κ1) is 13.3. The van der Waals surface area contributed by atoms with Crippen LogP contribution in [0.3, 0.4) is 0 Å². The van der Waals surface area contributed by atoms with Crippen molar-refractivity contribution in [3.63, 3.8) is 0 Å². The van der Waals surface area contributed by atoms with Crippen molar-refractivity contribution < 1.29 is 0 Å². The number of benzene rings is 1. The molecule has 0 fully saturated rings. The van der Waals surface area contributed by atoms with Crippen LogP contribution < -0.4 is 0 Å². The van der Waals surface area contributed by atoms with Gasteiger partial charge in [-0.05, 0) is 42.2 Å². The third-order valence-electron chi connectivity index (χ3n) is 3.31. The quantitative estimate of drug-likeness (QED) is 0.650. The van der Waals surface area contributed by atoms with Crippen LogP contribution in [-0.4, -0.2) is 0 Å². The van der Waals surface area contributed by atoms with Crippen LogP contribution in [0.5, 0.6) is 0 Å². The molecule has 1 rings (SSSR count). The number of hydrogen-bond acceptors (Lipinski definition) is 0. The lowest BCUT2D eigenvalue weighted by Gasteiger charge is -2.28. The lowest BCUT2D eigenvalue weighted by Crippen LogP contribution is -2.17. The average Bonchev–Trinajstić information content (AvgIpc) is 2.20. The topological polar surface area (TPSA) is 0 Å². The molecule has 0 aliphatic heterocycles. The van der Waals surface area contributed by atoms with E-state index in [4.69, 9.17) is 0 Å². The minimum absolute atomic E-state index is 0.293. The van der Waals surface area contributed by atoms with E-state index in [1.807, 2.05) is 0 Å². The number of hydrogen-bond donors (Lipinski definition) is 0. The van der Waals surface area contributed by atoms with E-state index in [0.29, 0.717) is 5.41 Å². The summed E-state index contributed by atoms with van der Waals surface area (Å²) in [5, 5.41) is 0. The van der Waals surface area contributed by atoms with Crippen LogP contribution in [0.2, 0.25) is 0 Å². The van der Waals surface area contributed by atoms with Gasteiger partial charge >= 0.3 is 0 Å². The van der Waals surface area contributed by atoms with E-state index in [1.54, 1.807) is 0 Å². The summed E-state index contributed by atoms with van der Waals surface area (Å²) < 4.78 is 0. The van der Waals surface area contributed by atoms with Crippen molar-refractivity contribution in [2.45, 2.75) is 47.5 Å². The van der Waals surface area contributed by atoms with E-state index in [-0.39, 0.29) is 0 Å². The molecule has 0 amide bonds. The van der Waals surface area contributed by atoms with Crippen molar-refractivity contribution in [3.8, 4) is 0 Å². The van der Waals surface area contributed by atoms with Crippen molar-refractivity contribution in [1.82, 2.24) is 0 Å². The largest absolute Gasteiger partial charge is 0.0651 e. The molecule has 0 aromatic heterocycles. The van der Waals surface area contributed by atoms with Crippen molar-refractivity contribution in [1.29, 1.82) is 0 Å². The molecule has 0 bridgehead atoms. The van der Waals surface area contributed by atoms with Crippen molar-refractivity contribution in [2.75, 3.05) is 0 Å². The molecule has 1 radical (unpaired) electrons. The normalized spacial score (nSPS) is 13.8. The molecule has 1 aromatic rings. The SMILES string of the molecule is CCC(C)CC(C)(C)[CH]c1ccccc1C. The Morgan fingerprint density at radius 2 is 1.88 bits per heavy atom. The first-order valence-corrected chi connectivity index (χ1v) is 6.36. The van der Waals surface area contributed by atoms with Gasteiger partial charge in [0.25, 0.3) is 0 Å². The molecule has 16 heavy (non-hydrogen) atoms. The lowest BCUT2D eigenvalue weighted by molar-refractivity contribution is 0.323. The summed E-state index contributed by atoms with van der Waals surface area (Å²) >= 11 is 0. The van der Waals surface area contributed by atoms with Gasteiger partial charge in [-0.15, -0.1) is 0 Å². The molecule has 0 heterocycles. The summed E-state index contributed by atoms with van der Waals surface area (Å²) in [5.74, 6) is 0.801. The molecular formula is C16H25. The maximum absolute atomic E-state index is 2.43. The summed E-state index contributed by atoms with van der Waals surface area (Å²) in [7, 11) is 0. The summed E-state index contributed by atoms with van der Waals surface area (Å²) in [4.78, 5) is 0. The summed E-state index contributed by atoms with van der Waals surface area (Å²) in [6.07, 6.45) is 4.96. The standard InChI is InChI=1S/C16H25/c1-6-13(2)11-16(4,5)12-15-10-8-7-9-14(15)3/h7-10,12-13H,6,11H2,1-5H3. The van der Waals surface area contributed by atoms with Crippen LogP contribution in [0.15, 0.2) is 24.3 Å². The van der Waals surface area contributed by atoms with Crippen molar-refractivity contribution >= 4 is 0 Å². The number of aryl methyl sites for hydroxylation is 1. The second kappa shape index (κ2) is 5.52. The summed E-state index contributed by atoms with van der Waals surface area (Å²) in [5.41, 5.74) is 3.05. The third-order valence-corrected chi connectivity index (χ3v) is 3.31. The maximum Gasteiger partial charge on any atom is -0.00338 e. The minimum atomic E-state index is 0.293. The fourth-order valence-corrected chi connectivity index (χ4v) is 2.27. The van der Waals surface area contributed by atoms with Gasteiger partial charge in [0.1, 0.15) is 0 Å². The molecule has 0 N–H and O–H groups in total. The minimum Gasteiger partial charge on any atom is -0.0651 e. The van der Waals surface area contributed by atoms with Crippen LogP contribution in [0, 0.1) is 24.7 Å². The Balaban J connectivity index is 2.69.